The second kappa shape index (κ2) is 6.61. The summed E-state index contributed by atoms with van der Waals surface area (Å²) in [5.41, 5.74) is -0.780. The van der Waals surface area contributed by atoms with Crippen LogP contribution in [0, 0.1) is 5.82 Å². The molecule has 10 heteroatoms. The van der Waals surface area contributed by atoms with Crippen LogP contribution in [0.15, 0.2) is 52.7 Å². The van der Waals surface area contributed by atoms with Crippen molar-refractivity contribution in [2.45, 2.75) is 6.54 Å². The molecule has 0 aliphatic carbocycles. The summed E-state index contributed by atoms with van der Waals surface area (Å²) in [6.07, 6.45) is 5.73. The van der Waals surface area contributed by atoms with E-state index in [4.69, 9.17) is 11.6 Å². The lowest BCUT2D eigenvalue weighted by atomic mass is 10.2. The van der Waals surface area contributed by atoms with Gasteiger partial charge < -0.3 is 14.1 Å². The molecule has 3 heterocycles. The lowest BCUT2D eigenvalue weighted by Gasteiger charge is -2.11. The number of hydrogen-bond donors (Lipinski definition) is 1. The van der Waals surface area contributed by atoms with Crippen LogP contribution in [0.1, 0.15) is 5.56 Å². The summed E-state index contributed by atoms with van der Waals surface area (Å²) in [6.45, 7) is 0.0913. The fourth-order valence-electron chi connectivity index (χ4n) is 2.96. The number of aromatic nitrogens is 5. The fourth-order valence-corrected chi connectivity index (χ4v) is 3.17. The van der Waals surface area contributed by atoms with Crippen LogP contribution in [0.2, 0.25) is 5.02 Å². The molecule has 0 spiro atoms. The molecular formula is C18H13ClFN5O3. The first-order valence-electron chi connectivity index (χ1n) is 8.12. The molecule has 0 amide bonds. The van der Waals surface area contributed by atoms with Gasteiger partial charge in [0.25, 0.3) is 5.56 Å². The summed E-state index contributed by atoms with van der Waals surface area (Å²) in [4.78, 5) is 29.4. The molecule has 28 heavy (non-hydrogen) atoms. The van der Waals surface area contributed by atoms with Crippen molar-refractivity contribution < 1.29 is 9.50 Å². The van der Waals surface area contributed by atoms with Crippen LogP contribution < -0.4 is 11.0 Å². The summed E-state index contributed by atoms with van der Waals surface area (Å²) < 4.78 is 17.4. The van der Waals surface area contributed by atoms with Crippen molar-refractivity contribution in [1.82, 2.24) is 23.7 Å². The molecule has 0 bridgehead atoms. The third-order valence-electron chi connectivity index (χ3n) is 4.37. The molecule has 8 nitrogen and oxygen atoms in total. The van der Waals surface area contributed by atoms with Gasteiger partial charge in [-0.15, -0.1) is 0 Å². The molecule has 0 aliphatic rings. The predicted molar refractivity (Wildman–Crippen MR) is 100 cm³/mol. The average molecular weight is 402 g/mol. The first-order chi connectivity index (χ1) is 13.4. The molecule has 0 unspecified atom stereocenters. The topological polar surface area (TPSA) is 94.4 Å². The Hall–Kier alpha value is -3.46. The largest absolute Gasteiger partial charge is 0.503 e. The predicted octanol–water partition coefficient (Wildman–Crippen LogP) is 1.80. The van der Waals surface area contributed by atoms with Crippen LogP contribution >= 0.6 is 11.6 Å². The molecule has 0 atom stereocenters. The molecule has 1 N–H and O–H groups in total. The lowest BCUT2D eigenvalue weighted by molar-refractivity contribution is 0.472. The molecule has 0 saturated heterocycles. The number of pyridine rings is 1. The number of aromatic hydroxyl groups is 1. The van der Waals surface area contributed by atoms with Crippen molar-refractivity contribution in [3.05, 3.63) is 80.1 Å². The van der Waals surface area contributed by atoms with E-state index in [-0.39, 0.29) is 28.5 Å². The molecule has 0 saturated carbocycles. The van der Waals surface area contributed by atoms with Gasteiger partial charge in [-0.05, 0) is 17.7 Å². The number of hydrogen-bond acceptors (Lipinski definition) is 5. The van der Waals surface area contributed by atoms with E-state index in [1.807, 2.05) is 0 Å². The Labute approximate surface area is 161 Å². The summed E-state index contributed by atoms with van der Waals surface area (Å²) in [5.74, 6) is -0.978. The van der Waals surface area contributed by atoms with Gasteiger partial charge in [0.05, 0.1) is 17.1 Å². The Morgan fingerprint density at radius 2 is 2.04 bits per heavy atom. The van der Waals surface area contributed by atoms with E-state index in [2.05, 4.69) is 10.1 Å². The molecule has 3 aromatic heterocycles. The Morgan fingerprint density at radius 1 is 1.25 bits per heavy atom. The Morgan fingerprint density at radius 3 is 2.71 bits per heavy atom. The third-order valence-corrected chi connectivity index (χ3v) is 4.66. The molecule has 142 valence electrons. The van der Waals surface area contributed by atoms with Gasteiger partial charge in [0.15, 0.2) is 17.1 Å². The molecule has 4 rings (SSSR count). The minimum Gasteiger partial charge on any atom is -0.503 e. The van der Waals surface area contributed by atoms with Crippen LogP contribution in [0.4, 0.5) is 4.39 Å². The van der Waals surface area contributed by atoms with Gasteiger partial charge in [0.1, 0.15) is 12.1 Å². The summed E-state index contributed by atoms with van der Waals surface area (Å²) >= 11 is 5.78. The van der Waals surface area contributed by atoms with Crippen molar-refractivity contribution in [1.29, 1.82) is 0 Å². The van der Waals surface area contributed by atoms with Gasteiger partial charge in [-0.1, -0.05) is 17.7 Å². The van der Waals surface area contributed by atoms with Gasteiger partial charge in [-0.2, -0.15) is 5.10 Å². The lowest BCUT2D eigenvalue weighted by Crippen LogP contribution is -2.25. The van der Waals surface area contributed by atoms with Gasteiger partial charge >= 0.3 is 0 Å². The highest BCUT2D eigenvalue weighted by atomic mass is 35.5. The smallest absolute Gasteiger partial charge is 0.279 e. The fraction of sp³-hybridized carbons (Fsp3) is 0.111. The zero-order valence-corrected chi connectivity index (χ0v) is 15.3. The molecule has 4 aromatic rings. The Balaban J connectivity index is 1.87. The quantitative estimate of drug-likeness (QED) is 0.565. The van der Waals surface area contributed by atoms with E-state index in [0.717, 1.165) is 0 Å². The molecule has 0 aliphatic heterocycles. The zero-order chi connectivity index (χ0) is 20.0. The molecular weight excluding hydrogens is 389 g/mol. The van der Waals surface area contributed by atoms with Crippen molar-refractivity contribution in [2.24, 2.45) is 7.05 Å². The number of aryl methyl sites for hydroxylation is 1. The number of rotatable bonds is 3. The van der Waals surface area contributed by atoms with Crippen LogP contribution in [-0.4, -0.2) is 28.8 Å². The van der Waals surface area contributed by atoms with Gasteiger partial charge in [-0.3, -0.25) is 9.59 Å². The number of nitrogens with zero attached hydrogens (tertiary/aromatic N) is 5. The number of halogens is 2. The van der Waals surface area contributed by atoms with E-state index in [0.29, 0.717) is 5.56 Å². The van der Waals surface area contributed by atoms with E-state index >= 15 is 0 Å². The van der Waals surface area contributed by atoms with Crippen LogP contribution in [0.5, 0.6) is 5.75 Å². The summed E-state index contributed by atoms with van der Waals surface area (Å²) in [5, 5.41) is 14.3. The van der Waals surface area contributed by atoms with Crippen molar-refractivity contribution in [3.63, 3.8) is 0 Å². The monoisotopic (exact) mass is 401 g/mol. The second-order valence-corrected chi connectivity index (χ2v) is 6.57. The first kappa shape index (κ1) is 17.9. The SMILES string of the molecule is Cn1ncnc1-c1cn2ccn(Cc3ccc(F)c(Cl)c3)c(=O)c2c(O)c1=O. The van der Waals surface area contributed by atoms with E-state index in [9.17, 15) is 19.1 Å². The molecule has 0 radical (unpaired) electrons. The minimum absolute atomic E-state index is 0.0567. The highest BCUT2D eigenvalue weighted by Gasteiger charge is 2.18. The highest BCUT2D eigenvalue weighted by Crippen LogP contribution is 2.19. The normalized spacial score (nSPS) is 11.2. The van der Waals surface area contributed by atoms with Gasteiger partial charge in [0.2, 0.25) is 5.43 Å². The van der Waals surface area contributed by atoms with Gasteiger partial charge in [-0.25, -0.2) is 14.1 Å². The Bertz CT molecular complexity index is 1340. The van der Waals surface area contributed by atoms with E-state index in [1.165, 1.54) is 56.8 Å². The van der Waals surface area contributed by atoms with Gasteiger partial charge in [0, 0.05) is 25.6 Å². The van der Waals surface area contributed by atoms with Crippen LogP contribution in [-0.2, 0) is 13.6 Å². The standard InChI is InChI=1S/C18H13ClFN5O3/c1-23-17(21-9-22-23)11-8-24-4-5-25(18(28)14(24)16(27)15(11)26)7-10-2-3-13(20)12(19)6-10/h2-6,8-9,27H,7H2,1H3. The van der Waals surface area contributed by atoms with Crippen LogP contribution in [0.25, 0.3) is 16.9 Å². The maximum atomic E-state index is 13.3. The maximum Gasteiger partial charge on any atom is 0.279 e. The van der Waals surface area contributed by atoms with Crippen molar-refractivity contribution >= 4 is 17.1 Å². The van der Waals surface area contributed by atoms with Crippen molar-refractivity contribution in [2.75, 3.05) is 0 Å². The zero-order valence-electron chi connectivity index (χ0n) is 14.5. The average Bonchev–Trinajstić information content (AvgIpc) is 3.09. The Kier molecular flexibility index (Phi) is 4.23. The van der Waals surface area contributed by atoms with Crippen molar-refractivity contribution in [3.8, 4) is 17.1 Å². The number of benzene rings is 1. The summed E-state index contributed by atoms with van der Waals surface area (Å²) in [6, 6.07) is 4.12. The number of fused-ring (bicyclic) bond motifs is 1. The van der Waals surface area contributed by atoms with Crippen LogP contribution in [0.3, 0.4) is 0 Å². The minimum atomic E-state index is -0.726. The van der Waals surface area contributed by atoms with E-state index in [1.54, 1.807) is 7.05 Å². The molecule has 0 fully saturated rings. The second-order valence-electron chi connectivity index (χ2n) is 6.16. The summed E-state index contributed by atoms with van der Waals surface area (Å²) in [7, 11) is 1.61. The molecule has 1 aromatic carbocycles. The third kappa shape index (κ3) is 2.85. The maximum absolute atomic E-state index is 13.3. The first-order valence-corrected chi connectivity index (χ1v) is 8.50. The van der Waals surface area contributed by atoms with E-state index < -0.39 is 22.6 Å². The highest BCUT2D eigenvalue weighted by molar-refractivity contribution is 6.30.